The highest BCUT2D eigenvalue weighted by Gasteiger charge is 2.32. The number of fused-ring (bicyclic) bond motifs is 1. The van der Waals surface area contributed by atoms with Crippen LogP contribution in [0.5, 0.6) is 17.2 Å². The van der Waals surface area contributed by atoms with Crippen LogP contribution in [0.25, 0.3) is 22.3 Å². The number of hydrogen-bond acceptors (Lipinski definition) is 8. The molecular formula is C27H28N4O6S. The highest BCUT2D eigenvalue weighted by molar-refractivity contribution is 7.91. The fourth-order valence-corrected chi connectivity index (χ4v) is 6.42. The van der Waals surface area contributed by atoms with Crippen LogP contribution in [0.4, 0.5) is 5.69 Å². The second kappa shape index (κ2) is 9.97. The van der Waals surface area contributed by atoms with Crippen LogP contribution in [-0.2, 0) is 9.84 Å². The first-order valence-electron chi connectivity index (χ1n) is 12.0. The molecule has 0 aliphatic carbocycles. The van der Waals surface area contributed by atoms with Crippen molar-refractivity contribution in [1.29, 1.82) is 0 Å². The molecule has 0 radical (unpaired) electrons. The van der Waals surface area contributed by atoms with Gasteiger partial charge >= 0.3 is 0 Å². The maximum atomic E-state index is 13.6. The summed E-state index contributed by atoms with van der Waals surface area (Å²) in [6.07, 6.45) is 0.439. The van der Waals surface area contributed by atoms with Crippen molar-refractivity contribution in [3.05, 3.63) is 59.8 Å². The molecule has 0 bridgehead atoms. The van der Waals surface area contributed by atoms with Gasteiger partial charge < -0.3 is 19.5 Å². The van der Waals surface area contributed by atoms with Crippen LogP contribution in [0.1, 0.15) is 28.5 Å². The van der Waals surface area contributed by atoms with Crippen LogP contribution in [0, 0.1) is 6.92 Å². The second-order valence-corrected chi connectivity index (χ2v) is 11.3. The second-order valence-electron chi connectivity index (χ2n) is 9.09. The minimum Gasteiger partial charge on any atom is -0.497 e. The smallest absolute Gasteiger partial charge is 0.256 e. The number of sulfone groups is 1. The Kier molecular flexibility index (Phi) is 6.70. The van der Waals surface area contributed by atoms with E-state index in [0.717, 1.165) is 0 Å². The van der Waals surface area contributed by atoms with Crippen molar-refractivity contribution in [2.45, 2.75) is 19.4 Å². The number of nitrogens with zero attached hydrogens (tertiary/aromatic N) is 3. The number of ether oxygens (including phenoxy) is 3. The van der Waals surface area contributed by atoms with E-state index in [0.29, 0.717) is 62.9 Å². The Balaban J connectivity index is 1.66. The molecule has 1 aliphatic rings. The largest absolute Gasteiger partial charge is 0.497 e. The Bertz CT molecular complexity index is 1630. The number of pyridine rings is 1. The first-order chi connectivity index (χ1) is 18.2. The average molecular weight is 537 g/mol. The van der Waals surface area contributed by atoms with E-state index in [2.05, 4.69) is 10.4 Å². The Morgan fingerprint density at radius 3 is 2.37 bits per heavy atom. The van der Waals surface area contributed by atoms with Crippen molar-refractivity contribution in [3.8, 4) is 28.5 Å². The lowest BCUT2D eigenvalue weighted by Crippen LogP contribution is -2.15. The van der Waals surface area contributed by atoms with E-state index in [1.54, 1.807) is 75.4 Å². The molecule has 1 atom stereocenters. The first kappa shape index (κ1) is 25.5. The van der Waals surface area contributed by atoms with Crippen molar-refractivity contribution in [2.75, 3.05) is 38.2 Å². The van der Waals surface area contributed by atoms with Gasteiger partial charge in [-0.3, -0.25) is 4.79 Å². The van der Waals surface area contributed by atoms with E-state index in [9.17, 15) is 13.2 Å². The summed E-state index contributed by atoms with van der Waals surface area (Å²) in [5, 5.41) is 8.17. The summed E-state index contributed by atoms with van der Waals surface area (Å²) in [6, 6.07) is 13.8. The zero-order chi connectivity index (χ0) is 27.0. The summed E-state index contributed by atoms with van der Waals surface area (Å²) >= 11 is 0. The number of carbonyl (C=O) groups is 1. The monoisotopic (exact) mass is 536 g/mol. The number of nitrogens with one attached hydrogen (secondary N) is 1. The molecule has 0 spiro atoms. The zero-order valence-corrected chi connectivity index (χ0v) is 22.3. The SMILES string of the molecule is COc1ccc(NC(=O)c2cc(-c3ccc(OC)c(OC)c3)nc3c2c(C)nn3C2CCS(=O)(=O)C2)cc1. The molecule has 10 nitrogen and oxygen atoms in total. The fraction of sp³-hybridized carbons (Fsp3) is 0.296. The molecule has 0 saturated carbocycles. The third kappa shape index (κ3) is 4.76. The summed E-state index contributed by atoms with van der Waals surface area (Å²) in [7, 11) is 1.52. The maximum absolute atomic E-state index is 13.6. The minimum absolute atomic E-state index is 0.0150. The van der Waals surface area contributed by atoms with Gasteiger partial charge in [-0.1, -0.05) is 0 Å². The Morgan fingerprint density at radius 2 is 1.74 bits per heavy atom. The first-order valence-corrected chi connectivity index (χ1v) is 13.8. The van der Waals surface area contributed by atoms with Crippen molar-refractivity contribution in [3.63, 3.8) is 0 Å². The van der Waals surface area contributed by atoms with Gasteiger partial charge in [0.25, 0.3) is 5.91 Å². The molecule has 1 saturated heterocycles. The molecule has 5 rings (SSSR count). The summed E-state index contributed by atoms with van der Waals surface area (Å²) in [4.78, 5) is 18.5. The Hall–Kier alpha value is -4.12. The lowest BCUT2D eigenvalue weighted by molar-refractivity contribution is 0.102. The third-order valence-corrected chi connectivity index (χ3v) is 8.41. The summed E-state index contributed by atoms with van der Waals surface area (Å²) in [5.41, 5.74) is 3.24. The Morgan fingerprint density at radius 1 is 1.00 bits per heavy atom. The van der Waals surface area contributed by atoms with Crippen LogP contribution in [-0.4, -0.2) is 61.9 Å². The quantitative estimate of drug-likeness (QED) is 0.376. The molecule has 1 N–H and O–H groups in total. The molecule has 4 aromatic rings. The van der Waals surface area contributed by atoms with Gasteiger partial charge in [0.1, 0.15) is 5.75 Å². The predicted molar refractivity (Wildman–Crippen MR) is 144 cm³/mol. The van der Waals surface area contributed by atoms with Gasteiger partial charge in [0.2, 0.25) is 0 Å². The maximum Gasteiger partial charge on any atom is 0.256 e. The average Bonchev–Trinajstić information content (AvgIpc) is 3.46. The lowest BCUT2D eigenvalue weighted by Gasteiger charge is -2.14. The summed E-state index contributed by atoms with van der Waals surface area (Å²) in [6.45, 7) is 1.80. The van der Waals surface area contributed by atoms with Crippen LogP contribution in [0.15, 0.2) is 48.5 Å². The van der Waals surface area contributed by atoms with Gasteiger partial charge in [-0.05, 0) is 61.9 Å². The van der Waals surface area contributed by atoms with E-state index >= 15 is 0 Å². The van der Waals surface area contributed by atoms with Gasteiger partial charge in [-0.25, -0.2) is 18.1 Å². The number of rotatable bonds is 7. The fourth-order valence-electron chi connectivity index (χ4n) is 4.73. The van der Waals surface area contributed by atoms with E-state index in [1.807, 2.05) is 6.07 Å². The number of anilines is 1. The molecule has 1 unspecified atom stereocenters. The molecule has 3 heterocycles. The van der Waals surface area contributed by atoms with Crippen LogP contribution >= 0.6 is 0 Å². The Labute approximate surface area is 220 Å². The van der Waals surface area contributed by atoms with Crippen LogP contribution in [0.2, 0.25) is 0 Å². The number of aromatic nitrogens is 3. The molecule has 198 valence electrons. The molecule has 1 amide bonds. The number of carbonyl (C=O) groups excluding carboxylic acids is 1. The van der Waals surface area contributed by atoms with Crippen molar-refractivity contribution < 1.29 is 27.4 Å². The van der Waals surface area contributed by atoms with E-state index in [1.165, 1.54) is 0 Å². The van der Waals surface area contributed by atoms with Gasteiger partial charge in [-0.15, -0.1) is 0 Å². The normalized spacial score (nSPS) is 16.4. The number of hydrogen-bond donors (Lipinski definition) is 1. The molecular weight excluding hydrogens is 508 g/mol. The number of methoxy groups -OCH3 is 3. The van der Waals surface area contributed by atoms with Gasteiger partial charge in [0.05, 0.1) is 61.2 Å². The highest BCUT2D eigenvalue weighted by atomic mass is 32.2. The molecule has 1 fully saturated rings. The molecule has 1 aliphatic heterocycles. The third-order valence-electron chi connectivity index (χ3n) is 6.66. The molecule has 38 heavy (non-hydrogen) atoms. The standard InChI is InChI=1S/C27H28N4O6S/c1-16-25-21(27(32)28-18-6-8-20(35-2)9-7-18)14-22(17-5-10-23(36-3)24(13-17)37-4)29-26(25)31(30-16)19-11-12-38(33,34)15-19/h5-10,13-14,19H,11-12,15H2,1-4H3,(H,28,32). The van der Waals surface area contributed by atoms with Crippen molar-refractivity contribution in [2.24, 2.45) is 0 Å². The van der Waals surface area contributed by atoms with Crippen LogP contribution in [0.3, 0.4) is 0 Å². The minimum atomic E-state index is -3.16. The molecule has 11 heteroatoms. The predicted octanol–water partition coefficient (Wildman–Crippen LogP) is 4.04. The number of aryl methyl sites for hydroxylation is 1. The summed E-state index contributed by atoms with van der Waals surface area (Å²) in [5.74, 6) is 1.49. The van der Waals surface area contributed by atoms with E-state index in [4.69, 9.17) is 19.2 Å². The number of amides is 1. The highest BCUT2D eigenvalue weighted by Crippen LogP contribution is 2.35. The molecule has 2 aromatic heterocycles. The van der Waals surface area contributed by atoms with Crippen molar-refractivity contribution >= 4 is 32.5 Å². The van der Waals surface area contributed by atoms with E-state index in [-0.39, 0.29) is 23.5 Å². The topological polar surface area (TPSA) is 122 Å². The zero-order valence-electron chi connectivity index (χ0n) is 21.5. The summed E-state index contributed by atoms with van der Waals surface area (Å²) < 4.78 is 42.2. The van der Waals surface area contributed by atoms with E-state index < -0.39 is 9.84 Å². The van der Waals surface area contributed by atoms with Crippen molar-refractivity contribution in [1.82, 2.24) is 14.8 Å². The molecule has 2 aromatic carbocycles. The van der Waals surface area contributed by atoms with Gasteiger partial charge in [-0.2, -0.15) is 5.10 Å². The van der Waals surface area contributed by atoms with Crippen LogP contribution < -0.4 is 19.5 Å². The van der Waals surface area contributed by atoms with Gasteiger partial charge in [0.15, 0.2) is 27.0 Å². The number of benzene rings is 2. The lowest BCUT2D eigenvalue weighted by atomic mass is 10.0. The van der Waals surface area contributed by atoms with Gasteiger partial charge in [0, 0.05) is 11.3 Å².